The van der Waals surface area contributed by atoms with E-state index in [9.17, 15) is 0 Å². The Balaban J connectivity index is 1.82. The number of aromatic nitrogens is 2. The first kappa shape index (κ1) is 15.1. The number of hydrogen-bond donors (Lipinski definition) is 2. The van der Waals surface area contributed by atoms with Crippen LogP contribution in [0, 0.1) is 13.8 Å². The monoisotopic (exact) mass is 322 g/mol. The van der Waals surface area contributed by atoms with Gasteiger partial charge in [-0.3, -0.25) is 0 Å². The fourth-order valence-corrected chi connectivity index (χ4v) is 5.12. The zero-order valence-corrected chi connectivity index (χ0v) is 14.2. The summed E-state index contributed by atoms with van der Waals surface area (Å²) in [6.45, 7) is 4.23. The van der Waals surface area contributed by atoms with Crippen molar-refractivity contribution in [1.82, 2.24) is 9.97 Å². The number of nitrogens with zero attached hydrogens (tertiary/aromatic N) is 2. The Kier molecular flexibility index (Phi) is 4.66. The average molecular weight is 323 g/mol. The number of rotatable bonds is 4. The van der Waals surface area contributed by atoms with Crippen LogP contribution in [0.2, 0.25) is 0 Å². The highest BCUT2D eigenvalue weighted by Crippen LogP contribution is 2.34. The van der Waals surface area contributed by atoms with Gasteiger partial charge in [-0.15, -0.1) is 11.3 Å². The number of hydrazine groups is 1. The van der Waals surface area contributed by atoms with E-state index in [0.717, 1.165) is 32.9 Å². The molecule has 2 aromatic rings. The van der Waals surface area contributed by atoms with Crippen molar-refractivity contribution >= 4 is 39.1 Å². The van der Waals surface area contributed by atoms with Crippen LogP contribution in [0.5, 0.6) is 0 Å². The Labute approximate surface area is 133 Å². The topological polar surface area (TPSA) is 63.8 Å². The number of nitrogen functional groups attached to an aromatic ring is 1. The quantitative estimate of drug-likeness (QED) is 0.653. The molecule has 0 bridgehead atoms. The van der Waals surface area contributed by atoms with Gasteiger partial charge >= 0.3 is 0 Å². The minimum absolute atomic E-state index is 0.765. The number of nitrogens with one attached hydrogen (secondary N) is 1. The lowest BCUT2D eigenvalue weighted by Crippen LogP contribution is -2.12. The molecule has 6 heteroatoms. The lowest BCUT2D eigenvalue weighted by molar-refractivity contribution is 0.516. The van der Waals surface area contributed by atoms with Crippen molar-refractivity contribution in [2.75, 3.05) is 5.43 Å². The SMILES string of the molecule is Cc1sc2nc(CSC3CCCCC3)nc(NN)c2c1C. The van der Waals surface area contributed by atoms with Gasteiger partial charge in [-0.2, -0.15) is 11.8 Å². The summed E-state index contributed by atoms with van der Waals surface area (Å²) in [6.07, 6.45) is 6.82. The second kappa shape index (κ2) is 6.50. The van der Waals surface area contributed by atoms with E-state index in [1.807, 2.05) is 11.8 Å². The molecule has 3 rings (SSSR count). The minimum Gasteiger partial charge on any atom is -0.308 e. The lowest BCUT2D eigenvalue weighted by Gasteiger charge is -2.20. The van der Waals surface area contributed by atoms with Crippen LogP contribution in [0.25, 0.3) is 10.2 Å². The van der Waals surface area contributed by atoms with Crippen molar-refractivity contribution in [2.24, 2.45) is 5.84 Å². The molecule has 0 aliphatic heterocycles. The van der Waals surface area contributed by atoms with Gasteiger partial charge in [0.05, 0.1) is 11.1 Å². The van der Waals surface area contributed by atoms with Crippen molar-refractivity contribution < 1.29 is 0 Å². The van der Waals surface area contributed by atoms with Crippen molar-refractivity contribution in [3.63, 3.8) is 0 Å². The molecule has 1 saturated carbocycles. The number of thiophene rings is 1. The molecular formula is C15H22N4S2. The third-order valence-electron chi connectivity index (χ3n) is 4.21. The highest BCUT2D eigenvalue weighted by atomic mass is 32.2. The molecule has 0 aromatic carbocycles. The van der Waals surface area contributed by atoms with E-state index in [4.69, 9.17) is 10.8 Å². The van der Waals surface area contributed by atoms with Crippen LogP contribution >= 0.6 is 23.1 Å². The highest BCUT2D eigenvalue weighted by molar-refractivity contribution is 7.99. The maximum absolute atomic E-state index is 5.66. The zero-order valence-electron chi connectivity index (χ0n) is 12.6. The van der Waals surface area contributed by atoms with Gasteiger partial charge in [-0.05, 0) is 32.3 Å². The molecule has 1 aliphatic rings. The average Bonchev–Trinajstić information content (AvgIpc) is 2.80. The van der Waals surface area contributed by atoms with Crippen LogP contribution in [0.15, 0.2) is 0 Å². The fourth-order valence-electron chi connectivity index (χ4n) is 2.89. The maximum atomic E-state index is 5.66. The molecule has 1 fully saturated rings. The van der Waals surface area contributed by atoms with Crippen molar-refractivity contribution in [2.45, 2.75) is 57.0 Å². The molecule has 3 N–H and O–H groups in total. The Morgan fingerprint density at radius 2 is 2.00 bits per heavy atom. The first-order chi connectivity index (χ1) is 10.2. The first-order valence-electron chi connectivity index (χ1n) is 7.54. The van der Waals surface area contributed by atoms with Crippen LogP contribution in [-0.2, 0) is 5.75 Å². The highest BCUT2D eigenvalue weighted by Gasteiger charge is 2.17. The molecule has 0 amide bonds. The largest absolute Gasteiger partial charge is 0.308 e. The number of anilines is 1. The predicted molar refractivity (Wildman–Crippen MR) is 92.9 cm³/mol. The fraction of sp³-hybridized carbons (Fsp3) is 0.600. The van der Waals surface area contributed by atoms with Gasteiger partial charge in [0.15, 0.2) is 5.82 Å². The molecule has 2 heterocycles. The Bertz CT molecular complexity index is 632. The lowest BCUT2D eigenvalue weighted by atomic mass is 10.0. The summed E-state index contributed by atoms with van der Waals surface area (Å²) >= 11 is 3.73. The molecular weight excluding hydrogens is 300 g/mol. The standard InChI is InChI=1S/C15H22N4S2/c1-9-10(2)21-15-13(9)14(19-16)17-12(18-15)8-20-11-6-4-3-5-7-11/h11H,3-8,16H2,1-2H3,(H,17,18,19). The van der Waals surface area contributed by atoms with E-state index in [-0.39, 0.29) is 0 Å². The first-order valence-corrected chi connectivity index (χ1v) is 9.40. The summed E-state index contributed by atoms with van der Waals surface area (Å²) in [5, 5.41) is 1.85. The van der Waals surface area contributed by atoms with Gasteiger partial charge in [0.2, 0.25) is 0 Å². The van der Waals surface area contributed by atoms with E-state index >= 15 is 0 Å². The summed E-state index contributed by atoms with van der Waals surface area (Å²) < 4.78 is 0. The smallest absolute Gasteiger partial charge is 0.152 e. The molecule has 4 nitrogen and oxygen atoms in total. The molecule has 0 atom stereocenters. The van der Waals surface area contributed by atoms with E-state index < -0.39 is 0 Å². The Morgan fingerprint density at radius 3 is 2.71 bits per heavy atom. The molecule has 0 unspecified atom stereocenters. The van der Waals surface area contributed by atoms with Gasteiger partial charge in [-0.25, -0.2) is 15.8 Å². The van der Waals surface area contributed by atoms with E-state index in [0.29, 0.717) is 0 Å². The molecule has 0 spiro atoms. The van der Waals surface area contributed by atoms with Crippen LogP contribution in [0.1, 0.15) is 48.4 Å². The van der Waals surface area contributed by atoms with Crippen molar-refractivity contribution in [1.29, 1.82) is 0 Å². The number of hydrogen-bond acceptors (Lipinski definition) is 6. The van der Waals surface area contributed by atoms with Gasteiger partial charge in [0.25, 0.3) is 0 Å². The van der Waals surface area contributed by atoms with Crippen molar-refractivity contribution in [3.05, 3.63) is 16.3 Å². The number of thioether (sulfide) groups is 1. The second-order valence-corrected chi connectivity index (χ2v) is 8.16. The summed E-state index contributed by atoms with van der Waals surface area (Å²) in [5.74, 6) is 8.20. The number of nitrogens with two attached hydrogens (primary N) is 1. The zero-order chi connectivity index (χ0) is 14.8. The maximum Gasteiger partial charge on any atom is 0.152 e. The second-order valence-electron chi connectivity index (χ2n) is 5.67. The molecule has 21 heavy (non-hydrogen) atoms. The predicted octanol–water partition coefficient (Wildman–Crippen LogP) is 4.16. The van der Waals surface area contributed by atoms with Gasteiger partial charge in [-0.1, -0.05) is 19.3 Å². The summed E-state index contributed by atoms with van der Waals surface area (Å²) in [5.41, 5.74) is 3.98. The number of fused-ring (bicyclic) bond motifs is 1. The minimum atomic E-state index is 0.765. The Hall–Kier alpha value is -0.850. The third kappa shape index (κ3) is 3.17. The summed E-state index contributed by atoms with van der Waals surface area (Å²) in [6, 6.07) is 0. The third-order valence-corrected chi connectivity index (χ3v) is 6.68. The van der Waals surface area contributed by atoms with Crippen LogP contribution in [-0.4, -0.2) is 15.2 Å². The van der Waals surface area contributed by atoms with E-state index in [1.165, 1.54) is 42.5 Å². The van der Waals surface area contributed by atoms with Gasteiger partial charge in [0, 0.05) is 10.1 Å². The van der Waals surface area contributed by atoms with Gasteiger partial charge < -0.3 is 5.43 Å². The number of aryl methyl sites for hydroxylation is 2. The van der Waals surface area contributed by atoms with E-state index in [2.05, 4.69) is 24.3 Å². The van der Waals surface area contributed by atoms with Crippen LogP contribution < -0.4 is 11.3 Å². The molecule has 0 radical (unpaired) electrons. The van der Waals surface area contributed by atoms with Crippen LogP contribution in [0.4, 0.5) is 5.82 Å². The molecule has 0 saturated heterocycles. The molecule has 2 aromatic heterocycles. The van der Waals surface area contributed by atoms with Gasteiger partial charge in [0.1, 0.15) is 10.7 Å². The van der Waals surface area contributed by atoms with E-state index in [1.54, 1.807) is 11.3 Å². The van der Waals surface area contributed by atoms with Crippen molar-refractivity contribution in [3.8, 4) is 0 Å². The normalized spacial score (nSPS) is 16.5. The Morgan fingerprint density at radius 1 is 1.24 bits per heavy atom. The summed E-state index contributed by atoms with van der Waals surface area (Å²) in [4.78, 5) is 11.7. The molecule has 114 valence electrons. The molecule has 1 aliphatic carbocycles. The summed E-state index contributed by atoms with van der Waals surface area (Å²) in [7, 11) is 0. The van der Waals surface area contributed by atoms with Crippen LogP contribution in [0.3, 0.4) is 0 Å².